The molecule has 0 aromatic carbocycles. The number of nitrogens with one attached hydrogen (secondary N) is 2. The third kappa shape index (κ3) is 4.10. The molecule has 1 amide bonds. The van der Waals surface area contributed by atoms with Crippen LogP contribution in [0.5, 0.6) is 0 Å². The van der Waals surface area contributed by atoms with Crippen LogP contribution in [0.2, 0.25) is 0 Å². The molecule has 2 N–H and O–H groups in total. The van der Waals surface area contributed by atoms with Crippen molar-refractivity contribution in [1.29, 1.82) is 0 Å². The summed E-state index contributed by atoms with van der Waals surface area (Å²) >= 11 is 0. The lowest BCUT2D eigenvalue weighted by molar-refractivity contribution is -0.124. The van der Waals surface area contributed by atoms with Crippen LogP contribution in [-0.2, 0) is 9.53 Å². The number of carbonyl (C=O) groups is 1. The lowest BCUT2D eigenvalue weighted by atomic mass is 10.0. The van der Waals surface area contributed by atoms with Crippen molar-refractivity contribution in [2.24, 2.45) is 0 Å². The maximum Gasteiger partial charge on any atom is 0.237 e. The summed E-state index contributed by atoms with van der Waals surface area (Å²) in [5.74, 6) is 0.0683. The predicted octanol–water partition coefficient (Wildman–Crippen LogP) is 1.06. The highest BCUT2D eigenvalue weighted by Crippen LogP contribution is 2.08. The zero-order valence-electron chi connectivity index (χ0n) is 10.8. The first-order valence-corrected chi connectivity index (χ1v) is 6.10. The molecule has 0 radical (unpaired) electrons. The van der Waals surface area contributed by atoms with Gasteiger partial charge in [0.2, 0.25) is 5.91 Å². The topological polar surface area (TPSA) is 50.4 Å². The zero-order chi connectivity index (χ0) is 12.2. The van der Waals surface area contributed by atoms with Crippen LogP contribution in [0, 0.1) is 0 Å². The molecular formula is C12H24N2O2. The number of ether oxygens (including phenoxy) is 1. The van der Waals surface area contributed by atoms with E-state index in [0.717, 1.165) is 26.1 Å². The molecule has 0 aromatic heterocycles. The fraction of sp³-hybridized carbons (Fsp3) is 0.917. The number of hydrogen-bond acceptors (Lipinski definition) is 3. The average Bonchev–Trinajstić information content (AvgIpc) is 2.69. The largest absolute Gasteiger partial charge is 0.380 e. The number of rotatable bonds is 5. The number of hydrogen-bond donors (Lipinski definition) is 2. The fourth-order valence-electron chi connectivity index (χ4n) is 1.63. The summed E-state index contributed by atoms with van der Waals surface area (Å²) < 4.78 is 5.27. The van der Waals surface area contributed by atoms with Gasteiger partial charge in [0, 0.05) is 18.2 Å². The molecule has 0 bridgehead atoms. The van der Waals surface area contributed by atoms with Crippen molar-refractivity contribution in [2.75, 3.05) is 13.2 Å². The Morgan fingerprint density at radius 3 is 2.75 bits per heavy atom. The second-order valence-corrected chi connectivity index (χ2v) is 5.18. The molecule has 1 aliphatic rings. The molecule has 1 rings (SSSR count). The minimum Gasteiger partial charge on any atom is -0.380 e. The van der Waals surface area contributed by atoms with Gasteiger partial charge in [-0.05, 0) is 33.6 Å². The first-order valence-electron chi connectivity index (χ1n) is 6.10. The van der Waals surface area contributed by atoms with Gasteiger partial charge in [0.15, 0.2) is 0 Å². The van der Waals surface area contributed by atoms with Gasteiger partial charge in [0.1, 0.15) is 0 Å². The SMILES string of the molecule is CCC(C)(C)NC(=O)C(C)NC1CCOC1. The number of amides is 1. The summed E-state index contributed by atoms with van der Waals surface area (Å²) in [4.78, 5) is 11.9. The molecule has 0 saturated carbocycles. The normalized spacial score (nSPS) is 23.1. The van der Waals surface area contributed by atoms with Crippen LogP contribution in [-0.4, -0.2) is 36.7 Å². The van der Waals surface area contributed by atoms with Crippen molar-refractivity contribution >= 4 is 5.91 Å². The van der Waals surface area contributed by atoms with E-state index in [1.165, 1.54) is 0 Å². The molecule has 94 valence electrons. The van der Waals surface area contributed by atoms with Gasteiger partial charge in [-0.3, -0.25) is 4.79 Å². The molecule has 1 fully saturated rings. The first kappa shape index (κ1) is 13.5. The van der Waals surface area contributed by atoms with Crippen molar-refractivity contribution in [1.82, 2.24) is 10.6 Å². The molecule has 1 aliphatic heterocycles. The molecule has 0 spiro atoms. The second kappa shape index (κ2) is 5.64. The summed E-state index contributed by atoms with van der Waals surface area (Å²) in [6, 6.07) is 0.169. The van der Waals surface area contributed by atoms with Gasteiger partial charge in [-0.2, -0.15) is 0 Å². The first-order chi connectivity index (χ1) is 7.44. The van der Waals surface area contributed by atoms with E-state index in [1.807, 2.05) is 20.8 Å². The molecule has 4 nitrogen and oxygen atoms in total. The highest BCUT2D eigenvalue weighted by atomic mass is 16.5. The summed E-state index contributed by atoms with van der Waals surface area (Å²) in [5, 5.41) is 6.33. The van der Waals surface area contributed by atoms with Crippen LogP contribution < -0.4 is 10.6 Å². The Morgan fingerprint density at radius 1 is 1.56 bits per heavy atom. The molecule has 0 aromatic rings. The molecule has 16 heavy (non-hydrogen) atoms. The lowest BCUT2D eigenvalue weighted by Gasteiger charge is -2.27. The van der Waals surface area contributed by atoms with E-state index >= 15 is 0 Å². The molecule has 2 unspecified atom stereocenters. The van der Waals surface area contributed by atoms with Crippen LogP contribution in [0.4, 0.5) is 0 Å². The van der Waals surface area contributed by atoms with Gasteiger partial charge in [-0.1, -0.05) is 6.92 Å². The van der Waals surface area contributed by atoms with Crippen molar-refractivity contribution in [3.8, 4) is 0 Å². The smallest absolute Gasteiger partial charge is 0.237 e. The molecular weight excluding hydrogens is 204 g/mol. The van der Waals surface area contributed by atoms with E-state index in [1.54, 1.807) is 0 Å². The third-order valence-corrected chi connectivity index (χ3v) is 3.15. The fourth-order valence-corrected chi connectivity index (χ4v) is 1.63. The Bertz CT molecular complexity index is 235. The van der Waals surface area contributed by atoms with E-state index in [-0.39, 0.29) is 17.5 Å². The van der Waals surface area contributed by atoms with Crippen LogP contribution in [0.25, 0.3) is 0 Å². The van der Waals surface area contributed by atoms with Gasteiger partial charge >= 0.3 is 0 Å². The molecule has 1 saturated heterocycles. The van der Waals surface area contributed by atoms with Gasteiger partial charge < -0.3 is 15.4 Å². The predicted molar refractivity (Wildman–Crippen MR) is 64.3 cm³/mol. The Hall–Kier alpha value is -0.610. The van der Waals surface area contributed by atoms with Gasteiger partial charge in [0.25, 0.3) is 0 Å². The molecule has 0 aliphatic carbocycles. The Morgan fingerprint density at radius 2 is 2.25 bits per heavy atom. The standard InChI is InChI=1S/C12H24N2O2/c1-5-12(3,4)14-11(15)9(2)13-10-6-7-16-8-10/h9-10,13H,5-8H2,1-4H3,(H,14,15). The lowest BCUT2D eigenvalue weighted by Crippen LogP contribution is -2.52. The minimum atomic E-state index is -0.155. The second-order valence-electron chi connectivity index (χ2n) is 5.18. The van der Waals surface area contributed by atoms with Crippen LogP contribution >= 0.6 is 0 Å². The quantitative estimate of drug-likeness (QED) is 0.739. The maximum atomic E-state index is 11.9. The molecule has 2 atom stereocenters. The minimum absolute atomic E-state index is 0.0683. The van der Waals surface area contributed by atoms with E-state index in [9.17, 15) is 4.79 Å². The van der Waals surface area contributed by atoms with Crippen molar-refractivity contribution in [3.05, 3.63) is 0 Å². The summed E-state index contributed by atoms with van der Waals surface area (Å²) in [6.07, 6.45) is 1.92. The van der Waals surface area contributed by atoms with Crippen LogP contribution in [0.3, 0.4) is 0 Å². The van der Waals surface area contributed by atoms with Crippen molar-refractivity contribution in [2.45, 2.75) is 58.2 Å². The zero-order valence-corrected chi connectivity index (χ0v) is 10.8. The van der Waals surface area contributed by atoms with Gasteiger partial charge in [-0.25, -0.2) is 0 Å². The summed E-state index contributed by atoms with van der Waals surface area (Å²) in [5.41, 5.74) is -0.126. The van der Waals surface area contributed by atoms with E-state index in [4.69, 9.17) is 4.74 Å². The highest BCUT2D eigenvalue weighted by Gasteiger charge is 2.24. The van der Waals surface area contributed by atoms with Crippen molar-refractivity contribution < 1.29 is 9.53 Å². The number of carbonyl (C=O) groups excluding carboxylic acids is 1. The van der Waals surface area contributed by atoms with Crippen LogP contribution in [0.15, 0.2) is 0 Å². The highest BCUT2D eigenvalue weighted by molar-refractivity contribution is 5.82. The van der Waals surface area contributed by atoms with Gasteiger partial charge in [-0.15, -0.1) is 0 Å². The summed E-state index contributed by atoms with van der Waals surface area (Å²) in [6.45, 7) is 9.57. The third-order valence-electron chi connectivity index (χ3n) is 3.15. The van der Waals surface area contributed by atoms with E-state index in [0.29, 0.717) is 6.04 Å². The Balaban J connectivity index is 2.35. The maximum absolute atomic E-state index is 11.9. The Labute approximate surface area is 98.1 Å². The Kier molecular flexibility index (Phi) is 4.74. The summed E-state index contributed by atoms with van der Waals surface area (Å²) in [7, 11) is 0. The van der Waals surface area contributed by atoms with E-state index in [2.05, 4.69) is 17.6 Å². The van der Waals surface area contributed by atoms with Crippen molar-refractivity contribution in [3.63, 3.8) is 0 Å². The van der Waals surface area contributed by atoms with Gasteiger partial charge in [0.05, 0.1) is 12.6 Å². The van der Waals surface area contributed by atoms with Crippen LogP contribution in [0.1, 0.15) is 40.5 Å². The average molecular weight is 228 g/mol. The monoisotopic (exact) mass is 228 g/mol. The molecule has 4 heteroatoms. The molecule has 1 heterocycles. The van der Waals surface area contributed by atoms with E-state index < -0.39 is 0 Å².